The van der Waals surface area contributed by atoms with Crippen molar-refractivity contribution in [2.24, 2.45) is 0 Å². The van der Waals surface area contributed by atoms with Gasteiger partial charge in [0, 0.05) is 16.2 Å². The van der Waals surface area contributed by atoms with E-state index in [1.54, 1.807) is 52.9 Å². The van der Waals surface area contributed by atoms with Crippen LogP contribution in [-0.4, -0.2) is 15.9 Å². The van der Waals surface area contributed by atoms with E-state index in [9.17, 15) is 25.3 Å². The third kappa shape index (κ3) is 4.77. The van der Waals surface area contributed by atoms with Crippen molar-refractivity contribution in [3.05, 3.63) is 65.7 Å². The van der Waals surface area contributed by atoms with Gasteiger partial charge in [0.05, 0.1) is 8.49 Å². The van der Waals surface area contributed by atoms with E-state index in [2.05, 4.69) is 21.2 Å². The van der Waals surface area contributed by atoms with Crippen molar-refractivity contribution in [1.82, 2.24) is 0 Å². The number of nitriles is 1. The lowest BCUT2D eigenvalue weighted by molar-refractivity contribution is -0.386. The lowest BCUT2D eigenvalue weighted by Crippen LogP contribution is -2.13. The molecule has 2 N–H and O–H groups in total. The minimum atomic E-state index is -0.733. The molecule has 0 aliphatic rings. The molecule has 1 amide bonds. The lowest BCUT2D eigenvalue weighted by atomic mass is 10.1. The van der Waals surface area contributed by atoms with Crippen LogP contribution in [0.3, 0.4) is 0 Å². The summed E-state index contributed by atoms with van der Waals surface area (Å²) in [5, 5.41) is 32.4. The van der Waals surface area contributed by atoms with Gasteiger partial charge in [-0.05, 0) is 64.6 Å². The predicted octanol–water partition coefficient (Wildman–Crippen LogP) is 4.21. The summed E-state index contributed by atoms with van der Waals surface area (Å²) in [6, 6.07) is 11.1. The van der Waals surface area contributed by atoms with Crippen LogP contribution in [0.4, 0.5) is 11.4 Å². The molecule has 126 valence electrons. The summed E-state index contributed by atoms with van der Waals surface area (Å²) in [6.07, 6.45) is 1.22. The van der Waals surface area contributed by atoms with E-state index < -0.39 is 22.3 Å². The van der Waals surface area contributed by atoms with E-state index in [4.69, 9.17) is 0 Å². The third-order valence-electron chi connectivity index (χ3n) is 3.04. The number of nitro benzene ring substituents is 1. The molecule has 0 saturated heterocycles. The van der Waals surface area contributed by atoms with Gasteiger partial charge in [0.1, 0.15) is 11.6 Å². The third-order valence-corrected chi connectivity index (χ3v) is 4.39. The summed E-state index contributed by atoms with van der Waals surface area (Å²) in [6.45, 7) is 0. The molecule has 0 spiro atoms. The summed E-state index contributed by atoms with van der Waals surface area (Å²) >= 11 is 5.01. The molecule has 0 aliphatic carbocycles. The van der Waals surface area contributed by atoms with Gasteiger partial charge in [0.15, 0.2) is 0 Å². The summed E-state index contributed by atoms with van der Waals surface area (Å²) in [7, 11) is 0. The number of hydrogen-bond donors (Lipinski definition) is 2. The van der Waals surface area contributed by atoms with Crippen molar-refractivity contribution in [2.45, 2.75) is 0 Å². The number of carbonyl (C=O) groups excluding carboxylic acids is 1. The first-order chi connectivity index (χ1) is 11.8. The molecule has 2 aromatic rings. The average molecular weight is 514 g/mol. The van der Waals surface area contributed by atoms with Crippen LogP contribution in [-0.2, 0) is 4.79 Å². The molecule has 0 unspecified atom stereocenters. The molecule has 2 rings (SSSR count). The van der Waals surface area contributed by atoms with E-state index >= 15 is 0 Å². The van der Waals surface area contributed by atoms with Gasteiger partial charge in [-0.2, -0.15) is 5.26 Å². The summed E-state index contributed by atoms with van der Waals surface area (Å²) in [5.41, 5.74) is 0.0412. The van der Waals surface area contributed by atoms with Crippen LogP contribution in [0, 0.1) is 25.0 Å². The Labute approximate surface area is 164 Å². The van der Waals surface area contributed by atoms with Gasteiger partial charge in [-0.15, -0.1) is 0 Å². The van der Waals surface area contributed by atoms with Gasteiger partial charge in [-0.1, -0.05) is 15.9 Å². The molecular formula is C16H9BrIN3O4. The smallest absolute Gasteiger partial charge is 0.312 e. The largest absolute Gasteiger partial charge is 0.501 e. The molecular weight excluding hydrogens is 505 g/mol. The van der Waals surface area contributed by atoms with E-state index in [-0.39, 0.29) is 14.7 Å². The number of halogens is 2. The van der Waals surface area contributed by atoms with E-state index in [0.29, 0.717) is 5.69 Å². The molecule has 25 heavy (non-hydrogen) atoms. The zero-order valence-corrected chi connectivity index (χ0v) is 16.1. The number of amides is 1. The summed E-state index contributed by atoms with van der Waals surface area (Å²) < 4.78 is 1.08. The first kappa shape index (κ1) is 18.9. The van der Waals surface area contributed by atoms with Gasteiger partial charge in [-0.3, -0.25) is 14.9 Å². The number of hydrogen-bond acceptors (Lipinski definition) is 5. The second-order valence-corrected chi connectivity index (χ2v) is 6.84. The van der Waals surface area contributed by atoms with Gasteiger partial charge in [0.25, 0.3) is 5.91 Å². The van der Waals surface area contributed by atoms with Crippen LogP contribution in [0.1, 0.15) is 5.56 Å². The van der Waals surface area contributed by atoms with Crippen LogP contribution in [0.15, 0.2) is 46.4 Å². The first-order valence-corrected chi connectivity index (χ1v) is 8.54. The SMILES string of the molecule is N#C/C(=C/c1cc(I)c(O)c([N+](=O)[O-])c1)C(=O)Nc1ccc(Br)cc1. The van der Waals surface area contributed by atoms with Crippen LogP contribution < -0.4 is 5.32 Å². The fourth-order valence-corrected chi connectivity index (χ4v) is 2.77. The van der Waals surface area contributed by atoms with Crippen molar-refractivity contribution in [3.8, 4) is 11.8 Å². The highest BCUT2D eigenvalue weighted by atomic mass is 127. The van der Waals surface area contributed by atoms with Crippen molar-refractivity contribution in [2.75, 3.05) is 5.32 Å². The molecule has 0 heterocycles. The van der Waals surface area contributed by atoms with Crippen molar-refractivity contribution in [1.29, 1.82) is 5.26 Å². The number of carbonyl (C=O) groups is 1. The summed E-state index contributed by atoms with van der Waals surface area (Å²) in [4.78, 5) is 22.4. The lowest BCUT2D eigenvalue weighted by Gasteiger charge is -2.05. The minimum absolute atomic E-state index is 0.223. The topological polar surface area (TPSA) is 116 Å². The number of phenolic OH excluding ortho intramolecular Hbond substituents is 1. The predicted molar refractivity (Wildman–Crippen MR) is 104 cm³/mol. The van der Waals surface area contributed by atoms with Crippen LogP contribution in [0.5, 0.6) is 5.75 Å². The number of nitrogens with one attached hydrogen (secondary N) is 1. The Kier molecular flexibility index (Phi) is 6.11. The molecule has 0 aromatic heterocycles. The number of benzene rings is 2. The van der Waals surface area contributed by atoms with Gasteiger partial charge < -0.3 is 10.4 Å². The Morgan fingerprint density at radius 2 is 2.00 bits per heavy atom. The number of aromatic hydroxyl groups is 1. The Hall–Kier alpha value is -2.45. The molecule has 0 aliphatic heterocycles. The number of rotatable bonds is 4. The highest BCUT2D eigenvalue weighted by molar-refractivity contribution is 14.1. The Morgan fingerprint density at radius 1 is 1.36 bits per heavy atom. The second-order valence-electron chi connectivity index (χ2n) is 4.76. The molecule has 0 bridgehead atoms. The molecule has 0 fully saturated rings. The molecule has 0 atom stereocenters. The molecule has 2 aromatic carbocycles. The number of phenols is 1. The van der Waals surface area contributed by atoms with Crippen molar-refractivity contribution < 1.29 is 14.8 Å². The van der Waals surface area contributed by atoms with E-state index in [1.807, 2.05) is 0 Å². The van der Waals surface area contributed by atoms with E-state index in [0.717, 1.165) is 10.5 Å². The van der Waals surface area contributed by atoms with Gasteiger partial charge in [-0.25, -0.2) is 0 Å². The highest BCUT2D eigenvalue weighted by Gasteiger charge is 2.18. The maximum absolute atomic E-state index is 12.2. The zero-order chi connectivity index (χ0) is 18.6. The molecule has 0 saturated carbocycles. The fourth-order valence-electron chi connectivity index (χ4n) is 1.87. The van der Waals surface area contributed by atoms with Gasteiger partial charge in [0.2, 0.25) is 5.75 Å². The maximum atomic E-state index is 12.2. The fraction of sp³-hybridized carbons (Fsp3) is 0. The van der Waals surface area contributed by atoms with Gasteiger partial charge >= 0.3 is 5.69 Å². The summed E-state index contributed by atoms with van der Waals surface area (Å²) in [5.74, 6) is -1.10. The standard InChI is InChI=1S/C16H9BrIN3O4/c17-11-1-3-12(4-2-11)20-16(23)10(8-19)5-9-6-13(18)15(22)14(7-9)21(24)25/h1-7,22H,(H,20,23)/b10-5-. The van der Waals surface area contributed by atoms with Crippen LogP contribution in [0.25, 0.3) is 6.08 Å². The Bertz CT molecular complexity index is 920. The monoisotopic (exact) mass is 513 g/mol. The molecule has 0 radical (unpaired) electrons. The van der Waals surface area contributed by atoms with Crippen molar-refractivity contribution in [3.63, 3.8) is 0 Å². The minimum Gasteiger partial charge on any atom is -0.501 e. The Balaban J connectivity index is 2.34. The number of nitrogens with zero attached hydrogens (tertiary/aromatic N) is 2. The second kappa shape index (κ2) is 8.09. The quantitative estimate of drug-likeness (QED) is 0.209. The van der Waals surface area contributed by atoms with Crippen molar-refractivity contribution >= 4 is 61.9 Å². The maximum Gasteiger partial charge on any atom is 0.312 e. The van der Waals surface area contributed by atoms with Crippen LogP contribution in [0.2, 0.25) is 0 Å². The van der Waals surface area contributed by atoms with Crippen LogP contribution >= 0.6 is 38.5 Å². The zero-order valence-electron chi connectivity index (χ0n) is 12.4. The Morgan fingerprint density at radius 3 is 2.56 bits per heavy atom. The number of anilines is 1. The first-order valence-electron chi connectivity index (χ1n) is 6.67. The van der Waals surface area contributed by atoms with E-state index in [1.165, 1.54) is 12.1 Å². The average Bonchev–Trinajstić information content (AvgIpc) is 2.57. The number of nitro groups is 1. The molecule has 9 heteroatoms. The highest BCUT2D eigenvalue weighted by Crippen LogP contribution is 2.33. The molecule has 7 nitrogen and oxygen atoms in total. The normalized spacial score (nSPS) is 10.8.